The summed E-state index contributed by atoms with van der Waals surface area (Å²) in [5.74, 6) is -4.07. The summed E-state index contributed by atoms with van der Waals surface area (Å²) >= 11 is 0. The minimum Gasteiger partial charge on any atom is -0.872 e. The number of aliphatic hydroxyl groups is 8. The van der Waals surface area contributed by atoms with Gasteiger partial charge in [0.15, 0.2) is 0 Å². The third kappa shape index (κ3) is 13.7. The van der Waals surface area contributed by atoms with E-state index in [-0.39, 0.29) is 46.8 Å². The fourth-order valence-electron chi connectivity index (χ4n) is 7.67. The first-order valence-electron chi connectivity index (χ1n) is 21.7. The van der Waals surface area contributed by atoms with Crippen molar-refractivity contribution in [3.63, 3.8) is 0 Å². The smallest absolute Gasteiger partial charge is 0.347 e. The normalized spacial score (nSPS) is 26.5. The molecule has 0 unspecified atom stereocenters. The molecule has 0 spiro atoms. The lowest BCUT2D eigenvalue weighted by Gasteiger charge is -2.40. The summed E-state index contributed by atoms with van der Waals surface area (Å²) in [7, 11) is 0. The van der Waals surface area contributed by atoms with E-state index in [1.807, 2.05) is 0 Å². The van der Waals surface area contributed by atoms with Gasteiger partial charge in [0, 0.05) is 6.07 Å². The number of carbonyl (C=O) groups excluding carboxylic acids is 1. The molecule has 2 aliphatic rings. The molecule has 10 atom stereocenters. The Morgan fingerprint density at radius 2 is 1.02 bits per heavy atom. The molecule has 17 heteroatoms. The number of aliphatic hydroxyl groups excluding tert-OH is 8. The Hall–Kier alpha value is -3.62. The fraction of sp³-hybridized carbons (Fsp3) is 0.682. The van der Waals surface area contributed by atoms with Gasteiger partial charge in [0.1, 0.15) is 71.6 Å². The number of carboxylic acid groups (broad SMARTS) is 1. The Morgan fingerprint density at radius 3 is 1.49 bits per heavy atom. The molecule has 2 fully saturated rings. The Labute approximate surface area is 356 Å². The standard InChI is InChI=1S/C44H66O17/c1-3-5-7-9-11-13-15-17-25-19-27(21-29(47)33(25)41(54)55)57-42(56)34-26(18-16-14-12-10-8-6-4-2)20-28(58-43-39(52)37(50)35(48)31(23-45)60-43)22-30(34)59-44-40(53)38(51)36(49)32(24-46)61-44/h19-22,31-32,35-40,43-53H,3-18,23-24H2,1-2H3,(H,54,55)/p-1/t31-,32-,35+,36-,37+,38+,39-,40-,43-,44-/m1/s1. The number of benzene rings is 2. The van der Waals surface area contributed by atoms with Crippen LogP contribution in [0.3, 0.4) is 0 Å². The Kier molecular flexibility index (Phi) is 20.4. The topological polar surface area (TPSA) is 285 Å². The molecule has 17 nitrogen and oxygen atoms in total. The third-order valence-electron chi connectivity index (χ3n) is 11.2. The second-order valence-electron chi connectivity index (χ2n) is 16.0. The predicted molar refractivity (Wildman–Crippen MR) is 216 cm³/mol. The molecule has 2 aromatic carbocycles. The van der Waals surface area contributed by atoms with Crippen molar-refractivity contribution < 1.29 is 84.3 Å². The number of rotatable bonds is 25. The zero-order chi connectivity index (χ0) is 44.6. The van der Waals surface area contributed by atoms with Gasteiger partial charge >= 0.3 is 11.9 Å². The van der Waals surface area contributed by atoms with Crippen molar-refractivity contribution in [2.75, 3.05) is 13.2 Å². The van der Waals surface area contributed by atoms with Crippen LogP contribution in [-0.2, 0) is 22.3 Å². The Bertz CT molecular complexity index is 1670. The average molecular weight is 866 g/mol. The summed E-state index contributed by atoms with van der Waals surface area (Å²) in [5, 5.41) is 106. The van der Waals surface area contributed by atoms with Gasteiger partial charge in [-0.3, -0.25) is 0 Å². The second kappa shape index (κ2) is 24.9. The first-order valence-corrected chi connectivity index (χ1v) is 21.7. The highest BCUT2D eigenvalue weighted by Gasteiger charge is 2.46. The first kappa shape index (κ1) is 50.0. The number of carboxylic acids is 1. The fourth-order valence-corrected chi connectivity index (χ4v) is 7.67. The third-order valence-corrected chi connectivity index (χ3v) is 11.2. The SMILES string of the molecule is CCCCCCCCCc1cc(OC(=O)c2c(CCCCCCCCC)cc(O[C@@H]3O[C@H](CO)[C@H](O)[C@H](O)[C@H]3O)cc2O[C@@H]2O[C@H](CO)[C@@H](O)[C@H](O)[C@H]2O)cc([O-])c1C(=O)O. The minimum atomic E-state index is -1.91. The van der Waals surface area contributed by atoms with Gasteiger partial charge in [-0.25, -0.2) is 9.59 Å². The van der Waals surface area contributed by atoms with E-state index in [0.717, 1.165) is 89.2 Å². The second-order valence-corrected chi connectivity index (χ2v) is 16.0. The summed E-state index contributed by atoms with van der Waals surface area (Å²) in [6.07, 6.45) is -3.43. The predicted octanol–water partition coefficient (Wildman–Crippen LogP) is 2.62. The molecule has 2 aromatic rings. The van der Waals surface area contributed by atoms with E-state index >= 15 is 0 Å². The molecule has 2 saturated heterocycles. The van der Waals surface area contributed by atoms with Crippen LogP contribution in [0.25, 0.3) is 0 Å². The van der Waals surface area contributed by atoms with Gasteiger partial charge < -0.3 is 74.7 Å². The van der Waals surface area contributed by atoms with E-state index in [4.69, 9.17) is 23.7 Å². The summed E-state index contributed by atoms with van der Waals surface area (Å²) in [4.78, 5) is 26.6. The van der Waals surface area contributed by atoms with E-state index in [0.29, 0.717) is 12.8 Å². The van der Waals surface area contributed by atoms with Gasteiger partial charge in [-0.2, -0.15) is 0 Å². The zero-order valence-electron chi connectivity index (χ0n) is 35.1. The molecular weight excluding hydrogens is 800 g/mol. The number of hydrogen-bond acceptors (Lipinski definition) is 16. The molecule has 0 aliphatic carbocycles. The van der Waals surface area contributed by atoms with E-state index in [2.05, 4.69) is 13.8 Å². The van der Waals surface area contributed by atoms with Gasteiger partial charge in [0.25, 0.3) is 0 Å². The van der Waals surface area contributed by atoms with Crippen molar-refractivity contribution in [2.45, 2.75) is 178 Å². The molecule has 0 saturated carbocycles. The molecule has 9 N–H and O–H groups in total. The van der Waals surface area contributed by atoms with Crippen LogP contribution in [0, 0.1) is 0 Å². The number of hydrogen-bond donors (Lipinski definition) is 9. The molecule has 61 heavy (non-hydrogen) atoms. The van der Waals surface area contributed by atoms with E-state index in [9.17, 15) is 60.7 Å². The zero-order valence-corrected chi connectivity index (χ0v) is 35.1. The molecular formula is C44H65O17-. The monoisotopic (exact) mass is 865 g/mol. The lowest BCUT2D eigenvalue weighted by molar-refractivity contribution is -0.278. The maximum absolute atomic E-state index is 14.4. The van der Waals surface area contributed by atoms with Crippen LogP contribution in [-0.4, -0.2) is 133 Å². The van der Waals surface area contributed by atoms with Gasteiger partial charge in [-0.15, -0.1) is 0 Å². The van der Waals surface area contributed by atoms with Crippen LogP contribution in [0.4, 0.5) is 0 Å². The summed E-state index contributed by atoms with van der Waals surface area (Å²) in [5.41, 5.74) is -0.229. The number of carbonyl (C=O) groups is 2. The quantitative estimate of drug-likeness (QED) is 0.0394. The molecule has 4 rings (SSSR count). The highest BCUT2D eigenvalue weighted by molar-refractivity contribution is 5.97. The van der Waals surface area contributed by atoms with Crippen molar-refractivity contribution >= 4 is 11.9 Å². The molecule has 2 heterocycles. The van der Waals surface area contributed by atoms with Crippen molar-refractivity contribution in [1.29, 1.82) is 0 Å². The van der Waals surface area contributed by atoms with Crippen LogP contribution in [0.15, 0.2) is 24.3 Å². The maximum atomic E-state index is 14.4. The Morgan fingerprint density at radius 1 is 0.574 bits per heavy atom. The van der Waals surface area contributed by atoms with E-state index < -0.39 is 97.9 Å². The Balaban J connectivity index is 1.76. The number of unbranched alkanes of at least 4 members (excludes halogenated alkanes) is 12. The van der Waals surface area contributed by atoms with Gasteiger partial charge in [0.2, 0.25) is 12.6 Å². The van der Waals surface area contributed by atoms with Crippen LogP contribution in [0.2, 0.25) is 0 Å². The summed E-state index contributed by atoms with van der Waals surface area (Å²) < 4.78 is 28.9. The molecule has 0 radical (unpaired) electrons. The molecule has 0 aromatic heterocycles. The van der Waals surface area contributed by atoms with Crippen LogP contribution in [0.1, 0.15) is 136 Å². The minimum absolute atomic E-state index is 0.122. The van der Waals surface area contributed by atoms with Gasteiger partial charge in [-0.05, 0) is 55.0 Å². The largest absolute Gasteiger partial charge is 0.872 e. The lowest BCUT2D eigenvalue weighted by atomic mass is 9.97. The number of aryl methyl sites for hydroxylation is 2. The highest BCUT2D eigenvalue weighted by atomic mass is 16.7. The number of aromatic carboxylic acids is 1. The van der Waals surface area contributed by atoms with Crippen molar-refractivity contribution in [3.05, 3.63) is 46.5 Å². The molecule has 344 valence electrons. The highest BCUT2D eigenvalue weighted by Crippen LogP contribution is 2.37. The first-order chi connectivity index (χ1) is 29.3. The number of esters is 1. The summed E-state index contributed by atoms with van der Waals surface area (Å²) in [6, 6.07) is 4.81. The summed E-state index contributed by atoms with van der Waals surface area (Å²) in [6.45, 7) is 2.72. The van der Waals surface area contributed by atoms with E-state index in [1.165, 1.54) is 12.1 Å². The van der Waals surface area contributed by atoms with Gasteiger partial charge in [-0.1, -0.05) is 96.6 Å². The van der Waals surface area contributed by atoms with Crippen molar-refractivity contribution in [3.8, 4) is 23.0 Å². The lowest BCUT2D eigenvalue weighted by Crippen LogP contribution is -2.60. The maximum Gasteiger partial charge on any atom is 0.347 e. The molecule has 2 aliphatic heterocycles. The average Bonchev–Trinajstić information content (AvgIpc) is 3.22. The van der Waals surface area contributed by atoms with E-state index in [1.54, 1.807) is 0 Å². The number of ether oxygens (including phenoxy) is 5. The molecule has 0 amide bonds. The van der Waals surface area contributed by atoms with Gasteiger partial charge in [0.05, 0.1) is 18.8 Å². The van der Waals surface area contributed by atoms with Crippen LogP contribution >= 0.6 is 0 Å². The molecule has 0 bridgehead atoms. The van der Waals surface area contributed by atoms with Crippen molar-refractivity contribution in [2.24, 2.45) is 0 Å². The van der Waals surface area contributed by atoms with Crippen molar-refractivity contribution in [1.82, 2.24) is 0 Å². The van der Waals surface area contributed by atoms with Crippen LogP contribution < -0.4 is 19.3 Å². The van der Waals surface area contributed by atoms with Crippen LogP contribution in [0.5, 0.6) is 23.0 Å².